The summed E-state index contributed by atoms with van der Waals surface area (Å²) in [6, 6.07) is 16.7. The first-order valence-corrected chi connectivity index (χ1v) is 7.92. The lowest BCUT2D eigenvalue weighted by Gasteiger charge is -2.21. The Morgan fingerprint density at radius 2 is 1.74 bits per heavy atom. The van der Waals surface area contributed by atoms with Crippen LogP contribution in [0.2, 0.25) is 0 Å². The lowest BCUT2D eigenvalue weighted by atomic mass is 10.1. The van der Waals surface area contributed by atoms with Gasteiger partial charge in [0.25, 0.3) is 5.91 Å². The summed E-state index contributed by atoms with van der Waals surface area (Å²) in [7, 11) is 0. The van der Waals surface area contributed by atoms with Crippen LogP contribution in [0.3, 0.4) is 0 Å². The first-order chi connectivity index (χ1) is 11.2. The van der Waals surface area contributed by atoms with Gasteiger partial charge in [-0.2, -0.15) is 0 Å². The second-order valence-corrected chi connectivity index (χ2v) is 5.26. The molecular formula is C19H23NO3. The van der Waals surface area contributed by atoms with Crippen LogP contribution in [-0.4, -0.2) is 24.2 Å². The molecule has 2 aromatic rings. The van der Waals surface area contributed by atoms with E-state index in [1.54, 1.807) is 17.0 Å². The third kappa shape index (κ3) is 4.57. The van der Waals surface area contributed by atoms with E-state index in [2.05, 4.69) is 0 Å². The number of carbonyl (C=O) groups is 1. The summed E-state index contributed by atoms with van der Waals surface area (Å²) in [4.78, 5) is 14.0. The van der Waals surface area contributed by atoms with Crippen LogP contribution in [0.4, 0.5) is 5.69 Å². The van der Waals surface area contributed by atoms with Gasteiger partial charge in [0.15, 0.2) is 6.61 Å². The molecule has 0 fully saturated rings. The number of ether oxygens (including phenoxy) is 1. The zero-order chi connectivity index (χ0) is 16.7. The Kier molecular flexibility index (Phi) is 6.18. The van der Waals surface area contributed by atoms with E-state index >= 15 is 0 Å². The van der Waals surface area contributed by atoms with Crippen molar-refractivity contribution < 1.29 is 14.6 Å². The van der Waals surface area contributed by atoms with Gasteiger partial charge in [0, 0.05) is 12.2 Å². The van der Waals surface area contributed by atoms with Gasteiger partial charge in [-0.3, -0.25) is 4.79 Å². The van der Waals surface area contributed by atoms with Crippen LogP contribution in [0.15, 0.2) is 54.6 Å². The highest BCUT2D eigenvalue weighted by atomic mass is 16.5. The van der Waals surface area contributed by atoms with Gasteiger partial charge in [-0.05, 0) is 43.2 Å². The van der Waals surface area contributed by atoms with E-state index in [0.717, 1.165) is 11.3 Å². The maximum absolute atomic E-state index is 12.3. The van der Waals surface area contributed by atoms with Crippen molar-refractivity contribution in [2.75, 3.05) is 18.1 Å². The highest BCUT2D eigenvalue weighted by molar-refractivity contribution is 5.94. The third-order valence-electron chi connectivity index (χ3n) is 3.70. The van der Waals surface area contributed by atoms with Gasteiger partial charge >= 0.3 is 0 Å². The summed E-state index contributed by atoms with van der Waals surface area (Å²) in [6.45, 7) is 4.44. The second kappa shape index (κ2) is 8.34. The van der Waals surface area contributed by atoms with Gasteiger partial charge in [0.1, 0.15) is 5.75 Å². The Morgan fingerprint density at radius 1 is 1.09 bits per heavy atom. The van der Waals surface area contributed by atoms with E-state index in [0.29, 0.717) is 18.7 Å². The Labute approximate surface area is 137 Å². The summed E-state index contributed by atoms with van der Waals surface area (Å²) in [5.41, 5.74) is 1.72. The smallest absolute Gasteiger partial charge is 0.264 e. The fourth-order valence-corrected chi connectivity index (χ4v) is 2.36. The maximum atomic E-state index is 12.3. The van der Waals surface area contributed by atoms with Crippen LogP contribution in [0, 0.1) is 0 Å². The minimum absolute atomic E-state index is 0.0155. The molecule has 0 bridgehead atoms. The fraction of sp³-hybridized carbons (Fsp3) is 0.316. The normalized spacial score (nSPS) is 11.8. The molecule has 0 aliphatic heterocycles. The monoisotopic (exact) mass is 313 g/mol. The lowest BCUT2D eigenvalue weighted by Crippen LogP contribution is -2.34. The number of benzene rings is 2. The molecule has 0 heterocycles. The van der Waals surface area contributed by atoms with Crippen molar-refractivity contribution in [1.82, 2.24) is 0 Å². The molecule has 122 valence electrons. The highest BCUT2D eigenvalue weighted by Gasteiger charge is 2.14. The SMILES string of the molecule is CCC(O)c1ccc(OCC(=O)N(CC)c2ccccc2)cc1. The first-order valence-electron chi connectivity index (χ1n) is 7.92. The minimum atomic E-state index is -0.459. The number of aliphatic hydroxyl groups is 1. The molecule has 1 unspecified atom stereocenters. The van der Waals surface area contributed by atoms with Crippen molar-refractivity contribution in [1.29, 1.82) is 0 Å². The Balaban J connectivity index is 1.95. The van der Waals surface area contributed by atoms with E-state index in [1.165, 1.54) is 0 Å². The predicted molar refractivity (Wildman–Crippen MR) is 91.7 cm³/mol. The van der Waals surface area contributed by atoms with Crippen LogP contribution < -0.4 is 9.64 Å². The van der Waals surface area contributed by atoms with Crippen molar-refractivity contribution in [2.24, 2.45) is 0 Å². The van der Waals surface area contributed by atoms with E-state index < -0.39 is 6.10 Å². The average Bonchev–Trinajstić information content (AvgIpc) is 2.61. The summed E-state index contributed by atoms with van der Waals surface area (Å²) < 4.78 is 5.57. The first kappa shape index (κ1) is 17.0. The van der Waals surface area contributed by atoms with E-state index in [9.17, 15) is 9.90 Å². The molecule has 1 amide bonds. The molecule has 0 saturated carbocycles. The van der Waals surface area contributed by atoms with Gasteiger partial charge in [0.05, 0.1) is 6.10 Å². The Bertz CT molecular complexity index is 610. The summed E-state index contributed by atoms with van der Waals surface area (Å²) in [5.74, 6) is 0.533. The van der Waals surface area contributed by atoms with Gasteiger partial charge in [-0.15, -0.1) is 0 Å². The van der Waals surface area contributed by atoms with Crippen LogP contribution in [0.25, 0.3) is 0 Å². The van der Waals surface area contributed by atoms with Gasteiger partial charge < -0.3 is 14.7 Å². The van der Waals surface area contributed by atoms with Crippen molar-refractivity contribution in [2.45, 2.75) is 26.4 Å². The number of para-hydroxylation sites is 1. The van der Waals surface area contributed by atoms with E-state index in [4.69, 9.17) is 4.74 Å². The minimum Gasteiger partial charge on any atom is -0.484 e. The van der Waals surface area contributed by atoms with Gasteiger partial charge in [-0.1, -0.05) is 37.3 Å². The highest BCUT2D eigenvalue weighted by Crippen LogP contribution is 2.20. The molecule has 1 N–H and O–H groups in total. The molecule has 0 saturated heterocycles. The second-order valence-electron chi connectivity index (χ2n) is 5.26. The third-order valence-corrected chi connectivity index (χ3v) is 3.70. The zero-order valence-corrected chi connectivity index (χ0v) is 13.6. The topological polar surface area (TPSA) is 49.8 Å². The number of hydrogen-bond acceptors (Lipinski definition) is 3. The molecule has 2 rings (SSSR count). The molecule has 0 spiro atoms. The molecule has 2 aromatic carbocycles. The van der Waals surface area contributed by atoms with Crippen LogP contribution >= 0.6 is 0 Å². The molecule has 0 aromatic heterocycles. The summed E-state index contributed by atoms with van der Waals surface area (Å²) in [5, 5.41) is 9.77. The van der Waals surface area contributed by atoms with Crippen molar-refractivity contribution >= 4 is 11.6 Å². The lowest BCUT2D eigenvalue weighted by molar-refractivity contribution is -0.120. The standard InChI is InChI=1S/C19H23NO3/c1-3-18(21)15-10-12-17(13-11-15)23-14-19(22)20(4-2)16-8-6-5-7-9-16/h5-13,18,21H,3-4,14H2,1-2H3. The molecule has 0 aliphatic carbocycles. The molecule has 0 radical (unpaired) electrons. The number of likely N-dealkylation sites (N-methyl/N-ethyl adjacent to an activating group) is 1. The predicted octanol–water partition coefficient (Wildman–Crippen LogP) is 3.56. The summed E-state index contributed by atoms with van der Waals surface area (Å²) in [6.07, 6.45) is 0.209. The molecule has 0 aliphatic rings. The largest absolute Gasteiger partial charge is 0.484 e. The summed E-state index contributed by atoms with van der Waals surface area (Å²) >= 11 is 0. The fourth-order valence-electron chi connectivity index (χ4n) is 2.36. The molecule has 1 atom stereocenters. The number of carbonyl (C=O) groups excluding carboxylic acids is 1. The number of rotatable bonds is 7. The Morgan fingerprint density at radius 3 is 2.30 bits per heavy atom. The van der Waals surface area contributed by atoms with Crippen LogP contribution in [-0.2, 0) is 4.79 Å². The number of nitrogens with zero attached hydrogens (tertiary/aromatic N) is 1. The zero-order valence-electron chi connectivity index (χ0n) is 13.6. The Hall–Kier alpha value is -2.33. The molecule has 4 heteroatoms. The number of aliphatic hydroxyl groups excluding tert-OH is 1. The van der Waals surface area contributed by atoms with Crippen LogP contribution in [0.5, 0.6) is 5.75 Å². The molecule has 4 nitrogen and oxygen atoms in total. The van der Waals surface area contributed by atoms with Crippen LogP contribution in [0.1, 0.15) is 31.9 Å². The number of hydrogen-bond donors (Lipinski definition) is 1. The molecule has 23 heavy (non-hydrogen) atoms. The quantitative estimate of drug-likeness (QED) is 0.850. The molecular weight excluding hydrogens is 290 g/mol. The van der Waals surface area contributed by atoms with E-state index in [-0.39, 0.29) is 12.5 Å². The van der Waals surface area contributed by atoms with Gasteiger partial charge in [0.2, 0.25) is 0 Å². The van der Waals surface area contributed by atoms with Crippen molar-refractivity contribution in [3.8, 4) is 5.75 Å². The van der Waals surface area contributed by atoms with E-state index in [1.807, 2.05) is 56.3 Å². The average molecular weight is 313 g/mol. The van der Waals surface area contributed by atoms with Crippen molar-refractivity contribution in [3.05, 3.63) is 60.2 Å². The maximum Gasteiger partial charge on any atom is 0.264 e. The van der Waals surface area contributed by atoms with Crippen molar-refractivity contribution in [3.63, 3.8) is 0 Å². The number of anilines is 1. The van der Waals surface area contributed by atoms with Gasteiger partial charge in [-0.25, -0.2) is 0 Å². The number of amides is 1.